The van der Waals surface area contributed by atoms with Gasteiger partial charge >= 0.3 is 0 Å². The third-order valence-electron chi connectivity index (χ3n) is 4.75. The average Bonchev–Trinajstić information content (AvgIpc) is 3.07. The number of fused-ring (bicyclic) bond motifs is 1. The Hall–Kier alpha value is -0.970. The summed E-state index contributed by atoms with van der Waals surface area (Å²) in [5, 5.41) is 0. The zero-order valence-corrected chi connectivity index (χ0v) is 11.5. The van der Waals surface area contributed by atoms with E-state index in [9.17, 15) is 0 Å². The van der Waals surface area contributed by atoms with Gasteiger partial charge in [0.1, 0.15) is 0 Å². The summed E-state index contributed by atoms with van der Waals surface area (Å²) in [6.07, 6.45) is 6.67. The maximum absolute atomic E-state index is 5.87. The molecular weight excluding hydrogens is 238 g/mol. The van der Waals surface area contributed by atoms with Crippen LogP contribution in [0.5, 0.6) is 0 Å². The van der Waals surface area contributed by atoms with Crippen molar-refractivity contribution in [2.45, 2.75) is 50.7 Å². The Labute approximate surface area is 114 Å². The Bertz CT molecular complexity index is 437. The van der Waals surface area contributed by atoms with Crippen LogP contribution in [0.1, 0.15) is 43.4 Å². The van der Waals surface area contributed by atoms with Crippen LogP contribution in [-0.4, -0.2) is 23.7 Å². The van der Waals surface area contributed by atoms with Gasteiger partial charge in [-0.05, 0) is 37.3 Å². The molecule has 1 aliphatic heterocycles. The average molecular weight is 261 g/mol. The number of hydrazine groups is 1. The van der Waals surface area contributed by atoms with Gasteiger partial charge in [-0.2, -0.15) is 0 Å². The fraction of sp³-hybridized carbons (Fsp3) is 0.667. The van der Waals surface area contributed by atoms with Crippen LogP contribution in [0.15, 0.2) is 18.3 Å². The Morgan fingerprint density at radius 1 is 1.53 bits per heavy atom. The summed E-state index contributed by atoms with van der Waals surface area (Å²) in [6, 6.07) is 4.50. The molecule has 104 valence electrons. The van der Waals surface area contributed by atoms with Gasteiger partial charge in [-0.3, -0.25) is 16.3 Å². The predicted molar refractivity (Wildman–Crippen MR) is 74.5 cm³/mol. The van der Waals surface area contributed by atoms with Crippen LogP contribution < -0.4 is 11.3 Å². The fourth-order valence-electron chi connectivity index (χ4n) is 3.83. The molecule has 1 aromatic rings. The molecule has 0 radical (unpaired) electrons. The van der Waals surface area contributed by atoms with Gasteiger partial charge in [0.2, 0.25) is 0 Å². The van der Waals surface area contributed by atoms with E-state index in [4.69, 9.17) is 10.6 Å². The molecule has 19 heavy (non-hydrogen) atoms. The van der Waals surface area contributed by atoms with E-state index in [1.807, 2.05) is 12.3 Å². The molecule has 4 atom stereocenters. The minimum Gasteiger partial charge on any atom is -0.378 e. The van der Waals surface area contributed by atoms with E-state index in [1.165, 1.54) is 11.3 Å². The molecule has 2 aliphatic rings. The lowest BCUT2D eigenvalue weighted by atomic mass is 9.82. The summed E-state index contributed by atoms with van der Waals surface area (Å²) < 4.78 is 5.83. The van der Waals surface area contributed by atoms with Crippen molar-refractivity contribution in [1.82, 2.24) is 10.4 Å². The number of aromatic nitrogens is 1. The van der Waals surface area contributed by atoms with E-state index in [-0.39, 0.29) is 6.04 Å². The number of nitrogens with one attached hydrogen (secondary N) is 1. The second-order valence-electron chi connectivity index (χ2n) is 5.66. The topological polar surface area (TPSA) is 60.2 Å². The summed E-state index contributed by atoms with van der Waals surface area (Å²) in [6.45, 7) is 3.06. The molecule has 3 rings (SSSR count). The van der Waals surface area contributed by atoms with E-state index >= 15 is 0 Å². The maximum Gasteiger partial charge on any atom is 0.0617 e. The lowest BCUT2D eigenvalue weighted by molar-refractivity contribution is 0.0738. The molecule has 1 aromatic heterocycles. The van der Waals surface area contributed by atoms with Crippen molar-refractivity contribution in [1.29, 1.82) is 0 Å². The van der Waals surface area contributed by atoms with Gasteiger partial charge in [-0.1, -0.05) is 13.0 Å². The maximum atomic E-state index is 5.87. The number of pyridine rings is 1. The highest BCUT2D eigenvalue weighted by molar-refractivity contribution is 5.30. The van der Waals surface area contributed by atoms with E-state index in [0.717, 1.165) is 32.3 Å². The molecule has 4 nitrogen and oxygen atoms in total. The van der Waals surface area contributed by atoms with Crippen molar-refractivity contribution in [3.8, 4) is 0 Å². The van der Waals surface area contributed by atoms with E-state index in [2.05, 4.69) is 23.4 Å². The molecule has 0 amide bonds. The standard InChI is InChI=1S/C15H23N3O/c1-2-13-11(7-9-19-13)15(18-16)12-6-5-10-4-3-8-17-14(10)12/h3-4,8,11-13,15,18H,2,5-7,9,16H2,1H3. The zero-order valence-electron chi connectivity index (χ0n) is 11.5. The lowest BCUT2D eigenvalue weighted by Crippen LogP contribution is -2.47. The molecule has 1 aliphatic carbocycles. The van der Waals surface area contributed by atoms with Crippen molar-refractivity contribution in [2.75, 3.05) is 6.61 Å². The highest BCUT2D eigenvalue weighted by atomic mass is 16.5. The van der Waals surface area contributed by atoms with Gasteiger partial charge in [0.25, 0.3) is 0 Å². The fourth-order valence-corrected chi connectivity index (χ4v) is 3.83. The Morgan fingerprint density at radius 2 is 2.42 bits per heavy atom. The number of hydrogen-bond acceptors (Lipinski definition) is 4. The van der Waals surface area contributed by atoms with Gasteiger partial charge < -0.3 is 4.74 Å². The number of hydrogen-bond donors (Lipinski definition) is 2. The second kappa shape index (κ2) is 5.57. The predicted octanol–water partition coefficient (Wildman–Crippen LogP) is 1.76. The van der Waals surface area contributed by atoms with Crippen LogP contribution >= 0.6 is 0 Å². The van der Waals surface area contributed by atoms with Crippen molar-refractivity contribution in [3.63, 3.8) is 0 Å². The summed E-state index contributed by atoms with van der Waals surface area (Å²) in [4.78, 5) is 4.60. The van der Waals surface area contributed by atoms with Gasteiger partial charge in [-0.15, -0.1) is 0 Å². The van der Waals surface area contributed by atoms with Crippen LogP contribution in [-0.2, 0) is 11.2 Å². The van der Waals surface area contributed by atoms with E-state index in [0.29, 0.717) is 17.9 Å². The van der Waals surface area contributed by atoms with Crippen LogP contribution in [0.4, 0.5) is 0 Å². The molecule has 4 unspecified atom stereocenters. The third kappa shape index (κ3) is 2.29. The zero-order chi connectivity index (χ0) is 13.2. The molecule has 0 saturated carbocycles. The normalized spacial score (nSPS) is 31.4. The summed E-state index contributed by atoms with van der Waals surface area (Å²) in [5.74, 6) is 6.81. The molecule has 1 fully saturated rings. The van der Waals surface area contributed by atoms with Gasteiger partial charge in [0.15, 0.2) is 0 Å². The van der Waals surface area contributed by atoms with Gasteiger partial charge in [0.05, 0.1) is 6.10 Å². The smallest absolute Gasteiger partial charge is 0.0617 e. The number of nitrogens with zero attached hydrogens (tertiary/aromatic N) is 1. The highest BCUT2D eigenvalue weighted by Crippen LogP contribution is 2.39. The van der Waals surface area contributed by atoms with Crippen molar-refractivity contribution in [2.24, 2.45) is 11.8 Å². The Balaban J connectivity index is 1.84. The SMILES string of the molecule is CCC1OCCC1C(NN)C1CCc2cccnc21. The van der Waals surface area contributed by atoms with Crippen LogP contribution in [0.2, 0.25) is 0 Å². The molecule has 0 bridgehead atoms. The first-order valence-corrected chi connectivity index (χ1v) is 7.36. The summed E-state index contributed by atoms with van der Waals surface area (Å²) in [5.41, 5.74) is 5.70. The minimum atomic E-state index is 0.281. The van der Waals surface area contributed by atoms with E-state index < -0.39 is 0 Å². The van der Waals surface area contributed by atoms with Crippen molar-refractivity contribution in [3.05, 3.63) is 29.6 Å². The highest BCUT2D eigenvalue weighted by Gasteiger charge is 2.40. The third-order valence-corrected chi connectivity index (χ3v) is 4.75. The number of nitrogens with two attached hydrogens (primary N) is 1. The van der Waals surface area contributed by atoms with Crippen molar-refractivity contribution >= 4 is 0 Å². The quantitative estimate of drug-likeness (QED) is 0.640. The van der Waals surface area contributed by atoms with Crippen LogP contribution in [0.25, 0.3) is 0 Å². The summed E-state index contributed by atoms with van der Waals surface area (Å²) in [7, 11) is 0. The largest absolute Gasteiger partial charge is 0.378 e. The van der Waals surface area contributed by atoms with Crippen LogP contribution in [0.3, 0.4) is 0 Å². The van der Waals surface area contributed by atoms with E-state index in [1.54, 1.807) is 0 Å². The molecule has 4 heteroatoms. The first-order valence-electron chi connectivity index (χ1n) is 7.36. The molecular formula is C15H23N3O. The Kier molecular flexibility index (Phi) is 3.82. The number of ether oxygens (including phenoxy) is 1. The summed E-state index contributed by atoms with van der Waals surface area (Å²) >= 11 is 0. The van der Waals surface area contributed by atoms with Crippen molar-refractivity contribution < 1.29 is 4.74 Å². The van der Waals surface area contributed by atoms with Crippen LogP contribution in [0, 0.1) is 5.92 Å². The monoisotopic (exact) mass is 261 g/mol. The minimum absolute atomic E-state index is 0.281. The second-order valence-corrected chi connectivity index (χ2v) is 5.66. The molecule has 3 N–H and O–H groups in total. The van der Waals surface area contributed by atoms with Gasteiger partial charge in [-0.25, -0.2) is 0 Å². The number of rotatable bonds is 4. The first-order chi connectivity index (χ1) is 9.35. The lowest BCUT2D eigenvalue weighted by Gasteiger charge is -2.31. The first kappa shape index (κ1) is 13.0. The van der Waals surface area contributed by atoms with Gasteiger partial charge in [0, 0.05) is 36.4 Å². The molecule has 0 spiro atoms. The molecule has 0 aromatic carbocycles. The number of aryl methyl sites for hydroxylation is 1. The molecule has 1 saturated heterocycles. The Morgan fingerprint density at radius 3 is 3.21 bits per heavy atom. The molecule has 2 heterocycles.